The summed E-state index contributed by atoms with van der Waals surface area (Å²) >= 11 is 0. The van der Waals surface area contributed by atoms with E-state index < -0.39 is 0 Å². The Morgan fingerprint density at radius 3 is 2.39 bits per heavy atom. The lowest BCUT2D eigenvalue weighted by Crippen LogP contribution is -2.45. The van der Waals surface area contributed by atoms with E-state index in [1.807, 2.05) is 0 Å². The molecule has 18 heavy (non-hydrogen) atoms. The van der Waals surface area contributed by atoms with Crippen LogP contribution < -0.4 is 5.32 Å². The average Bonchev–Trinajstić information content (AvgIpc) is 2.56. The van der Waals surface area contributed by atoms with Crippen molar-refractivity contribution in [3.05, 3.63) is 0 Å². The molecular formula is C15H27NO2. The summed E-state index contributed by atoms with van der Waals surface area (Å²) in [6.07, 6.45) is 9.24. The quantitative estimate of drug-likeness (QED) is 0.743. The van der Waals surface area contributed by atoms with Gasteiger partial charge in [-0.25, -0.2) is 0 Å². The van der Waals surface area contributed by atoms with Crippen molar-refractivity contribution in [2.75, 3.05) is 0 Å². The molecule has 0 radical (unpaired) electrons. The molecule has 1 amide bonds. The molecule has 2 aliphatic rings. The van der Waals surface area contributed by atoms with E-state index in [1.54, 1.807) is 0 Å². The maximum atomic E-state index is 12.2. The molecule has 104 valence electrons. The molecule has 0 bridgehead atoms. The lowest BCUT2D eigenvalue weighted by Gasteiger charge is -2.28. The van der Waals surface area contributed by atoms with E-state index in [2.05, 4.69) is 12.2 Å². The first-order valence-electron chi connectivity index (χ1n) is 7.65. The molecule has 2 fully saturated rings. The van der Waals surface area contributed by atoms with Gasteiger partial charge in [0.15, 0.2) is 0 Å². The molecule has 0 saturated heterocycles. The zero-order valence-corrected chi connectivity index (χ0v) is 11.5. The summed E-state index contributed by atoms with van der Waals surface area (Å²) in [7, 11) is 0. The Morgan fingerprint density at radius 1 is 1.00 bits per heavy atom. The number of hydrogen-bond acceptors (Lipinski definition) is 2. The SMILES string of the molecule is CC1CCC(C(=O)NC2CCCCCC2O)CC1. The van der Waals surface area contributed by atoms with Gasteiger partial charge in [0, 0.05) is 5.92 Å². The predicted octanol–water partition coefficient (Wildman–Crippen LogP) is 2.62. The van der Waals surface area contributed by atoms with Crippen LogP contribution in [0.5, 0.6) is 0 Å². The average molecular weight is 253 g/mol. The standard InChI is InChI=1S/C15H27NO2/c1-11-7-9-12(10-8-11)15(18)16-13-5-3-2-4-6-14(13)17/h11-14,17H,2-10H2,1H3,(H,16,18). The normalized spacial score (nSPS) is 37.9. The third-order valence-electron chi connectivity index (χ3n) is 4.69. The first-order valence-corrected chi connectivity index (χ1v) is 7.65. The Bertz CT molecular complexity index is 272. The van der Waals surface area contributed by atoms with Crippen LogP contribution in [0.4, 0.5) is 0 Å². The highest BCUT2D eigenvalue weighted by Gasteiger charge is 2.28. The molecule has 0 spiro atoms. The highest BCUT2D eigenvalue weighted by molar-refractivity contribution is 5.79. The van der Waals surface area contributed by atoms with Crippen molar-refractivity contribution < 1.29 is 9.90 Å². The molecule has 2 aliphatic carbocycles. The minimum absolute atomic E-state index is 0.000602. The van der Waals surface area contributed by atoms with Crippen LogP contribution in [0, 0.1) is 11.8 Å². The van der Waals surface area contributed by atoms with Crippen LogP contribution in [-0.4, -0.2) is 23.2 Å². The number of carbonyl (C=O) groups is 1. The largest absolute Gasteiger partial charge is 0.391 e. The number of carbonyl (C=O) groups excluding carboxylic acids is 1. The van der Waals surface area contributed by atoms with Gasteiger partial charge in [-0.05, 0) is 44.4 Å². The Morgan fingerprint density at radius 2 is 1.67 bits per heavy atom. The summed E-state index contributed by atoms with van der Waals surface area (Å²) in [5.74, 6) is 1.15. The predicted molar refractivity (Wildman–Crippen MR) is 72.1 cm³/mol. The van der Waals surface area contributed by atoms with Gasteiger partial charge in [0.1, 0.15) is 0 Å². The van der Waals surface area contributed by atoms with Crippen LogP contribution in [0.2, 0.25) is 0 Å². The molecule has 2 saturated carbocycles. The van der Waals surface area contributed by atoms with Crippen LogP contribution in [0.1, 0.15) is 64.7 Å². The van der Waals surface area contributed by atoms with Gasteiger partial charge in [0.05, 0.1) is 12.1 Å². The fourth-order valence-electron chi connectivity index (χ4n) is 3.28. The smallest absolute Gasteiger partial charge is 0.223 e. The number of hydrogen-bond donors (Lipinski definition) is 2. The molecule has 0 aromatic heterocycles. The molecule has 2 rings (SSSR count). The molecule has 2 N–H and O–H groups in total. The van der Waals surface area contributed by atoms with Gasteiger partial charge in [0.25, 0.3) is 0 Å². The second-order valence-electron chi connectivity index (χ2n) is 6.28. The molecule has 0 aromatic rings. The molecule has 2 atom stereocenters. The van der Waals surface area contributed by atoms with Crippen molar-refractivity contribution in [1.29, 1.82) is 0 Å². The summed E-state index contributed by atoms with van der Waals surface area (Å²) in [4.78, 5) is 12.2. The van der Waals surface area contributed by atoms with Crippen LogP contribution >= 0.6 is 0 Å². The van der Waals surface area contributed by atoms with Crippen molar-refractivity contribution in [3.63, 3.8) is 0 Å². The van der Waals surface area contributed by atoms with Crippen LogP contribution in [0.25, 0.3) is 0 Å². The van der Waals surface area contributed by atoms with E-state index in [0.717, 1.165) is 44.4 Å². The van der Waals surface area contributed by atoms with E-state index in [-0.39, 0.29) is 24.0 Å². The number of amides is 1. The van der Waals surface area contributed by atoms with E-state index in [4.69, 9.17) is 0 Å². The number of aliphatic hydroxyl groups excluding tert-OH is 1. The lowest BCUT2D eigenvalue weighted by atomic mass is 9.82. The maximum absolute atomic E-state index is 12.2. The van der Waals surface area contributed by atoms with Gasteiger partial charge in [-0.15, -0.1) is 0 Å². The van der Waals surface area contributed by atoms with Gasteiger partial charge < -0.3 is 10.4 Å². The molecule has 3 heteroatoms. The summed E-state index contributed by atoms with van der Waals surface area (Å²) in [6.45, 7) is 2.27. The minimum atomic E-state index is -0.334. The van der Waals surface area contributed by atoms with E-state index in [9.17, 15) is 9.90 Å². The Labute approximate surface area is 110 Å². The Kier molecular flexibility index (Phi) is 5.04. The Hall–Kier alpha value is -0.570. The first-order chi connectivity index (χ1) is 8.66. The highest BCUT2D eigenvalue weighted by atomic mass is 16.3. The summed E-state index contributed by atoms with van der Waals surface area (Å²) < 4.78 is 0. The fraction of sp³-hybridized carbons (Fsp3) is 0.933. The monoisotopic (exact) mass is 253 g/mol. The molecular weight excluding hydrogens is 226 g/mol. The number of aliphatic hydroxyl groups is 1. The lowest BCUT2D eigenvalue weighted by molar-refractivity contribution is -0.127. The summed E-state index contributed by atoms with van der Waals surface area (Å²) in [6, 6.07) is -0.000602. The molecule has 0 aromatic carbocycles. The second-order valence-corrected chi connectivity index (χ2v) is 6.28. The fourth-order valence-corrected chi connectivity index (χ4v) is 3.28. The first kappa shape index (κ1) is 13.9. The molecule has 0 aliphatic heterocycles. The van der Waals surface area contributed by atoms with Crippen LogP contribution in [0.15, 0.2) is 0 Å². The zero-order valence-electron chi connectivity index (χ0n) is 11.5. The van der Waals surface area contributed by atoms with E-state index in [0.29, 0.717) is 0 Å². The molecule has 3 nitrogen and oxygen atoms in total. The van der Waals surface area contributed by atoms with Crippen molar-refractivity contribution in [2.24, 2.45) is 11.8 Å². The van der Waals surface area contributed by atoms with Gasteiger partial charge in [-0.3, -0.25) is 4.79 Å². The summed E-state index contributed by atoms with van der Waals surface area (Å²) in [5, 5.41) is 13.1. The maximum Gasteiger partial charge on any atom is 0.223 e. The van der Waals surface area contributed by atoms with E-state index in [1.165, 1.54) is 19.3 Å². The van der Waals surface area contributed by atoms with Crippen molar-refractivity contribution in [1.82, 2.24) is 5.32 Å². The van der Waals surface area contributed by atoms with Gasteiger partial charge in [-0.1, -0.05) is 26.2 Å². The Balaban J connectivity index is 1.82. The third kappa shape index (κ3) is 3.71. The van der Waals surface area contributed by atoms with Gasteiger partial charge in [-0.2, -0.15) is 0 Å². The summed E-state index contributed by atoms with van der Waals surface area (Å²) in [5.41, 5.74) is 0. The van der Waals surface area contributed by atoms with Crippen molar-refractivity contribution in [3.8, 4) is 0 Å². The number of nitrogens with one attached hydrogen (secondary N) is 1. The minimum Gasteiger partial charge on any atom is -0.391 e. The zero-order chi connectivity index (χ0) is 13.0. The van der Waals surface area contributed by atoms with Crippen LogP contribution in [-0.2, 0) is 4.79 Å². The van der Waals surface area contributed by atoms with Crippen molar-refractivity contribution in [2.45, 2.75) is 76.9 Å². The molecule has 2 unspecified atom stereocenters. The third-order valence-corrected chi connectivity index (χ3v) is 4.69. The van der Waals surface area contributed by atoms with Crippen molar-refractivity contribution >= 4 is 5.91 Å². The van der Waals surface area contributed by atoms with Gasteiger partial charge in [0.2, 0.25) is 5.91 Å². The highest BCUT2D eigenvalue weighted by Crippen LogP contribution is 2.29. The van der Waals surface area contributed by atoms with Crippen LogP contribution in [0.3, 0.4) is 0 Å². The number of rotatable bonds is 2. The van der Waals surface area contributed by atoms with E-state index >= 15 is 0 Å². The second kappa shape index (κ2) is 6.55. The molecule has 0 heterocycles. The topological polar surface area (TPSA) is 49.3 Å². The van der Waals surface area contributed by atoms with Gasteiger partial charge >= 0.3 is 0 Å².